The Morgan fingerprint density at radius 1 is 1.22 bits per heavy atom. The predicted molar refractivity (Wildman–Crippen MR) is 123 cm³/mol. The Kier molecular flexibility index (Phi) is 6.55. The van der Waals surface area contributed by atoms with Crippen molar-refractivity contribution in [2.75, 3.05) is 24.6 Å². The molecule has 0 spiro atoms. The highest BCUT2D eigenvalue weighted by molar-refractivity contribution is 7.18. The highest BCUT2D eigenvalue weighted by Crippen LogP contribution is 2.35. The topological polar surface area (TPSA) is 108 Å². The lowest BCUT2D eigenvalue weighted by atomic mass is 9.96. The van der Waals surface area contributed by atoms with Crippen molar-refractivity contribution < 1.29 is 19.1 Å². The number of esters is 1. The zero-order valence-corrected chi connectivity index (χ0v) is 19.0. The molecule has 8 nitrogen and oxygen atoms in total. The maximum Gasteiger partial charge on any atom is 0.309 e. The summed E-state index contributed by atoms with van der Waals surface area (Å²) < 4.78 is 10.8. The number of hydrogen-bond donors (Lipinski definition) is 1. The number of rotatable bonds is 7. The molecule has 0 unspecified atom stereocenters. The largest absolute Gasteiger partial charge is 0.484 e. The fourth-order valence-electron chi connectivity index (χ4n) is 3.88. The minimum Gasteiger partial charge on any atom is -0.484 e. The molecule has 1 amide bonds. The lowest BCUT2D eigenvalue weighted by molar-refractivity contribution is -0.150. The third-order valence-corrected chi connectivity index (χ3v) is 6.85. The molecule has 168 valence electrons. The van der Waals surface area contributed by atoms with E-state index in [9.17, 15) is 9.59 Å². The normalized spacial score (nSPS) is 14.5. The molecular formula is C23H26N4O4S. The molecule has 0 atom stereocenters. The van der Waals surface area contributed by atoms with Crippen LogP contribution in [0.1, 0.15) is 28.8 Å². The van der Waals surface area contributed by atoms with Crippen molar-refractivity contribution in [1.82, 2.24) is 9.97 Å². The van der Waals surface area contributed by atoms with Gasteiger partial charge in [0.1, 0.15) is 29.3 Å². The van der Waals surface area contributed by atoms with Crippen LogP contribution >= 0.6 is 11.3 Å². The fourth-order valence-corrected chi connectivity index (χ4v) is 4.87. The summed E-state index contributed by atoms with van der Waals surface area (Å²) in [6.45, 7) is 5.68. The van der Waals surface area contributed by atoms with Crippen LogP contribution in [0.5, 0.6) is 5.75 Å². The van der Waals surface area contributed by atoms with Gasteiger partial charge in [0.2, 0.25) is 0 Å². The minimum atomic E-state index is -0.542. The molecule has 0 saturated carbocycles. The number of primary amides is 1. The van der Waals surface area contributed by atoms with Gasteiger partial charge in [-0.25, -0.2) is 9.97 Å². The molecule has 0 bridgehead atoms. The molecule has 3 heterocycles. The Labute approximate surface area is 190 Å². The highest BCUT2D eigenvalue weighted by Gasteiger charge is 2.28. The molecule has 9 heteroatoms. The first-order valence-corrected chi connectivity index (χ1v) is 11.4. The summed E-state index contributed by atoms with van der Waals surface area (Å²) in [7, 11) is 0. The number of carbonyl (C=O) groups is 2. The van der Waals surface area contributed by atoms with E-state index >= 15 is 0 Å². The van der Waals surface area contributed by atoms with Gasteiger partial charge < -0.3 is 20.1 Å². The number of aromatic nitrogens is 2. The van der Waals surface area contributed by atoms with Crippen LogP contribution in [0.2, 0.25) is 0 Å². The molecule has 1 aliphatic rings. The van der Waals surface area contributed by atoms with Crippen LogP contribution < -0.4 is 15.4 Å². The molecule has 2 N–H and O–H groups in total. The molecule has 4 rings (SSSR count). The molecule has 0 aliphatic carbocycles. The minimum absolute atomic E-state index is 0.136. The molecular weight excluding hydrogens is 428 g/mol. The first-order valence-electron chi connectivity index (χ1n) is 10.5. The van der Waals surface area contributed by atoms with Crippen molar-refractivity contribution in [3.63, 3.8) is 0 Å². The van der Waals surface area contributed by atoms with Gasteiger partial charge in [-0.05, 0) is 49.9 Å². The van der Waals surface area contributed by atoms with Crippen molar-refractivity contribution in [1.29, 1.82) is 0 Å². The van der Waals surface area contributed by atoms with Gasteiger partial charge >= 0.3 is 5.97 Å². The number of amides is 1. The van der Waals surface area contributed by atoms with Crippen molar-refractivity contribution in [2.45, 2.75) is 33.3 Å². The monoisotopic (exact) mass is 454 g/mol. The third-order valence-electron chi connectivity index (χ3n) is 5.73. The van der Waals surface area contributed by atoms with E-state index in [1.165, 1.54) is 10.4 Å². The van der Waals surface area contributed by atoms with Gasteiger partial charge in [-0.15, -0.1) is 11.3 Å². The molecule has 2 aromatic heterocycles. The van der Waals surface area contributed by atoms with Crippen LogP contribution in [-0.4, -0.2) is 41.5 Å². The number of benzene rings is 1. The van der Waals surface area contributed by atoms with Crippen LogP contribution in [0.15, 0.2) is 30.6 Å². The summed E-state index contributed by atoms with van der Waals surface area (Å²) in [5, 5.41) is 1.12. The third kappa shape index (κ3) is 4.83. The van der Waals surface area contributed by atoms with Crippen LogP contribution in [-0.2, 0) is 20.9 Å². The molecule has 32 heavy (non-hydrogen) atoms. The quantitative estimate of drug-likeness (QED) is 0.547. The number of nitrogens with two attached hydrogens (primary N) is 1. The summed E-state index contributed by atoms with van der Waals surface area (Å²) in [5.41, 5.74) is 7.12. The average Bonchev–Trinajstić information content (AvgIpc) is 3.10. The first-order chi connectivity index (χ1) is 15.4. The van der Waals surface area contributed by atoms with Crippen LogP contribution in [0.3, 0.4) is 0 Å². The van der Waals surface area contributed by atoms with Gasteiger partial charge in [0.05, 0.1) is 11.3 Å². The number of aryl methyl sites for hydroxylation is 2. The second-order valence-electron chi connectivity index (χ2n) is 7.93. The number of piperidine rings is 1. The standard InChI is InChI=1S/C23H26N4O4S/c1-14-15(2)32-22-20(14)21(25-13-26-22)27-8-6-17(7-9-27)23(29)31-11-16-4-3-5-18(10-16)30-12-19(24)28/h3-5,10,13,17H,6-9,11-12H2,1-2H3,(H2,24,28). The molecule has 1 fully saturated rings. The summed E-state index contributed by atoms with van der Waals surface area (Å²) in [6.07, 6.45) is 3.05. The smallest absolute Gasteiger partial charge is 0.309 e. The van der Waals surface area contributed by atoms with Gasteiger partial charge in [-0.2, -0.15) is 0 Å². The Bertz CT molecular complexity index is 1140. The number of carbonyl (C=O) groups excluding carboxylic acids is 2. The number of anilines is 1. The van der Waals surface area contributed by atoms with E-state index in [4.69, 9.17) is 15.2 Å². The SMILES string of the molecule is Cc1sc2ncnc(N3CCC(C(=O)OCc4cccc(OCC(N)=O)c4)CC3)c2c1C. The van der Waals surface area contributed by atoms with E-state index in [-0.39, 0.29) is 25.1 Å². The van der Waals surface area contributed by atoms with Crippen molar-refractivity contribution in [3.8, 4) is 5.75 Å². The van der Waals surface area contributed by atoms with Gasteiger partial charge in [0.15, 0.2) is 6.61 Å². The van der Waals surface area contributed by atoms with E-state index in [1.807, 2.05) is 6.07 Å². The molecule has 1 saturated heterocycles. The van der Waals surface area contributed by atoms with E-state index in [2.05, 4.69) is 28.7 Å². The maximum absolute atomic E-state index is 12.6. The zero-order valence-electron chi connectivity index (χ0n) is 18.2. The second kappa shape index (κ2) is 9.52. The van der Waals surface area contributed by atoms with E-state index in [1.54, 1.807) is 35.9 Å². The summed E-state index contributed by atoms with van der Waals surface area (Å²) in [4.78, 5) is 37.0. The summed E-state index contributed by atoms with van der Waals surface area (Å²) in [6, 6.07) is 7.10. The number of nitrogens with zero attached hydrogens (tertiary/aromatic N) is 3. The van der Waals surface area contributed by atoms with E-state index in [0.717, 1.165) is 34.7 Å². The van der Waals surface area contributed by atoms with Crippen molar-refractivity contribution >= 4 is 39.2 Å². The lowest BCUT2D eigenvalue weighted by Gasteiger charge is -2.32. The van der Waals surface area contributed by atoms with E-state index < -0.39 is 5.91 Å². The molecule has 1 aliphatic heterocycles. The van der Waals surface area contributed by atoms with Gasteiger partial charge in [0.25, 0.3) is 5.91 Å². The highest BCUT2D eigenvalue weighted by atomic mass is 32.1. The number of hydrogen-bond acceptors (Lipinski definition) is 8. The lowest BCUT2D eigenvalue weighted by Crippen LogP contribution is -2.37. The average molecular weight is 455 g/mol. The van der Waals surface area contributed by atoms with Crippen molar-refractivity contribution in [2.24, 2.45) is 11.7 Å². The maximum atomic E-state index is 12.6. The molecule has 3 aromatic rings. The van der Waals surface area contributed by atoms with Crippen LogP contribution in [0.25, 0.3) is 10.2 Å². The Hall–Kier alpha value is -3.20. The summed E-state index contributed by atoms with van der Waals surface area (Å²) in [5.74, 6) is 0.601. The number of ether oxygens (including phenoxy) is 2. The predicted octanol–water partition coefficient (Wildman–Crippen LogP) is 3.13. The van der Waals surface area contributed by atoms with Gasteiger partial charge in [-0.3, -0.25) is 9.59 Å². The van der Waals surface area contributed by atoms with Gasteiger partial charge in [-0.1, -0.05) is 12.1 Å². The van der Waals surface area contributed by atoms with Gasteiger partial charge in [0, 0.05) is 18.0 Å². The molecule has 1 aromatic carbocycles. The number of thiophene rings is 1. The fraction of sp³-hybridized carbons (Fsp3) is 0.391. The van der Waals surface area contributed by atoms with Crippen LogP contribution in [0.4, 0.5) is 5.82 Å². The molecule has 0 radical (unpaired) electrons. The number of fused-ring (bicyclic) bond motifs is 1. The summed E-state index contributed by atoms with van der Waals surface area (Å²) >= 11 is 1.69. The Morgan fingerprint density at radius 3 is 2.75 bits per heavy atom. The zero-order chi connectivity index (χ0) is 22.7. The van der Waals surface area contributed by atoms with Crippen molar-refractivity contribution in [3.05, 3.63) is 46.6 Å². The van der Waals surface area contributed by atoms with Crippen LogP contribution in [0, 0.1) is 19.8 Å². The Morgan fingerprint density at radius 2 is 2.00 bits per heavy atom. The first kappa shape index (κ1) is 22.0. The van der Waals surface area contributed by atoms with E-state index in [0.29, 0.717) is 18.6 Å². The Balaban J connectivity index is 1.33. The second-order valence-corrected chi connectivity index (χ2v) is 9.14.